The van der Waals surface area contributed by atoms with E-state index in [0.29, 0.717) is 35.8 Å². The first-order valence-corrected chi connectivity index (χ1v) is 10.7. The highest BCUT2D eigenvalue weighted by atomic mass is 16.5. The van der Waals surface area contributed by atoms with Crippen molar-refractivity contribution < 1.29 is 19.1 Å². The van der Waals surface area contributed by atoms with Crippen molar-refractivity contribution >= 4 is 17.5 Å². The Kier molecular flexibility index (Phi) is 8.26. The normalized spacial score (nSPS) is 11.3. The smallest absolute Gasteiger partial charge is 0.255 e. The van der Waals surface area contributed by atoms with Crippen LogP contribution in [0, 0.1) is 0 Å². The van der Waals surface area contributed by atoms with E-state index in [-0.39, 0.29) is 17.9 Å². The van der Waals surface area contributed by atoms with E-state index in [1.165, 1.54) is 0 Å². The summed E-state index contributed by atoms with van der Waals surface area (Å²) < 4.78 is 11.3. The second-order valence-electron chi connectivity index (χ2n) is 7.36. The number of benzene rings is 3. The van der Waals surface area contributed by atoms with Crippen LogP contribution in [-0.2, 0) is 0 Å². The quantitative estimate of drug-likeness (QED) is 0.446. The van der Waals surface area contributed by atoms with E-state index in [4.69, 9.17) is 9.47 Å². The summed E-state index contributed by atoms with van der Waals surface area (Å²) in [5.74, 6) is 0.916. The standard InChI is InChI=1S/C26H28N2O4/c1-3-19(2)27-25(29)20-9-7-11-22(17-20)28-26(30)21-10-8-14-24(18-21)32-16-15-31-23-12-5-4-6-13-23/h4-14,17-19H,3,15-16H2,1-2H3,(H,27,29)(H,28,30). The van der Waals surface area contributed by atoms with Gasteiger partial charge in [0.25, 0.3) is 11.8 Å². The largest absolute Gasteiger partial charge is 0.490 e. The monoisotopic (exact) mass is 432 g/mol. The molecule has 0 aliphatic heterocycles. The third-order valence-electron chi connectivity index (χ3n) is 4.83. The first-order valence-electron chi connectivity index (χ1n) is 10.7. The maximum absolute atomic E-state index is 12.7. The van der Waals surface area contributed by atoms with Crippen LogP contribution in [-0.4, -0.2) is 31.1 Å². The van der Waals surface area contributed by atoms with Crippen molar-refractivity contribution in [2.24, 2.45) is 0 Å². The highest BCUT2D eigenvalue weighted by Gasteiger charge is 2.11. The number of ether oxygens (including phenoxy) is 2. The Bertz CT molecular complexity index is 1040. The molecule has 1 unspecified atom stereocenters. The predicted octanol–water partition coefficient (Wildman–Crippen LogP) is 4.93. The molecular formula is C26H28N2O4. The number of nitrogens with one attached hydrogen (secondary N) is 2. The van der Waals surface area contributed by atoms with Crippen LogP contribution >= 0.6 is 0 Å². The minimum atomic E-state index is -0.282. The molecule has 2 N–H and O–H groups in total. The minimum Gasteiger partial charge on any atom is -0.490 e. The van der Waals surface area contributed by atoms with E-state index in [2.05, 4.69) is 10.6 Å². The van der Waals surface area contributed by atoms with Crippen molar-refractivity contribution in [2.45, 2.75) is 26.3 Å². The summed E-state index contributed by atoms with van der Waals surface area (Å²) in [6.07, 6.45) is 0.846. The molecule has 0 saturated heterocycles. The molecule has 6 heteroatoms. The lowest BCUT2D eigenvalue weighted by Gasteiger charge is -2.12. The van der Waals surface area contributed by atoms with E-state index < -0.39 is 0 Å². The van der Waals surface area contributed by atoms with Crippen LogP contribution in [0.3, 0.4) is 0 Å². The third kappa shape index (κ3) is 6.87. The first kappa shape index (κ1) is 22.9. The van der Waals surface area contributed by atoms with Gasteiger partial charge in [0.05, 0.1) is 0 Å². The molecule has 0 aromatic heterocycles. The second-order valence-corrected chi connectivity index (χ2v) is 7.36. The number of hydrogen-bond acceptors (Lipinski definition) is 4. The van der Waals surface area contributed by atoms with Gasteiger partial charge >= 0.3 is 0 Å². The summed E-state index contributed by atoms with van der Waals surface area (Å²) >= 11 is 0. The van der Waals surface area contributed by atoms with Gasteiger partial charge in [-0.2, -0.15) is 0 Å². The average Bonchev–Trinajstić information content (AvgIpc) is 2.82. The van der Waals surface area contributed by atoms with Crippen LogP contribution in [0.4, 0.5) is 5.69 Å². The molecule has 3 rings (SSSR count). The fraction of sp³-hybridized carbons (Fsp3) is 0.231. The Morgan fingerprint density at radius 2 is 1.41 bits per heavy atom. The lowest BCUT2D eigenvalue weighted by Crippen LogP contribution is -2.31. The van der Waals surface area contributed by atoms with Gasteiger partial charge in [0.2, 0.25) is 0 Å². The SMILES string of the molecule is CCC(C)NC(=O)c1cccc(NC(=O)c2cccc(OCCOc3ccccc3)c2)c1. The molecule has 0 saturated carbocycles. The number of carbonyl (C=O) groups excluding carboxylic acids is 2. The molecule has 0 aliphatic carbocycles. The van der Waals surface area contributed by atoms with E-state index in [1.807, 2.05) is 44.2 Å². The van der Waals surface area contributed by atoms with Crippen molar-refractivity contribution in [2.75, 3.05) is 18.5 Å². The molecule has 3 aromatic rings. The highest BCUT2D eigenvalue weighted by molar-refractivity contribution is 6.05. The Balaban J connectivity index is 1.55. The van der Waals surface area contributed by atoms with Crippen molar-refractivity contribution in [3.05, 3.63) is 90.0 Å². The summed E-state index contributed by atoms with van der Waals surface area (Å²) in [6.45, 7) is 4.71. The molecule has 1 atom stereocenters. The van der Waals surface area contributed by atoms with Gasteiger partial charge in [0, 0.05) is 22.9 Å². The fourth-order valence-electron chi connectivity index (χ4n) is 2.91. The highest BCUT2D eigenvalue weighted by Crippen LogP contribution is 2.17. The summed E-state index contributed by atoms with van der Waals surface area (Å²) in [4.78, 5) is 25.0. The van der Waals surface area contributed by atoms with Crippen LogP contribution in [0.1, 0.15) is 41.0 Å². The van der Waals surface area contributed by atoms with Crippen molar-refractivity contribution in [3.8, 4) is 11.5 Å². The molecule has 0 aliphatic rings. The molecule has 3 aromatic carbocycles. The lowest BCUT2D eigenvalue weighted by molar-refractivity contribution is 0.0938. The second kappa shape index (κ2) is 11.6. The predicted molar refractivity (Wildman–Crippen MR) is 125 cm³/mol. The minimum absolute atomic E-state index is 0.0848. The van der Waals surface area contributed by atoms with Gasteiger partial charge in [-0.3, -0.25) is 9.59 Å². The molecule has 166 valence electrons. The van der Waals surface area contributed by atoms with E-state index in [9.17, 15) is 9.59 Å². The van der Waals surface area contributed by atoms with Crippen molar-refractivity contribution in [1.82, 2.24) is 5.32 Å². The van der Waals surface area contributed by atoms with Gasteiger partial charge in [-0.25, -0.2) is 0 Å². The summed E-state index contributed by atoms with van der Waals surface area (Å²) in [7, 11) is 0. The molecule has 32 heavy (non-hydrogen) atoms. The Morgan fingerprint density at radius 3 is 2.12 bits per heavy atom. The third-order valence-corrected chi connectivity index (χ3v) is 4.83. The fourth-order valence-corrected chi connectivity index (χ4v) is 2.91. The van der Waals surface area contributed by atoms with Gasteiger partial charge in [0.15, 0.2) is 0 Å². The summed E-state index contributed by atoms with van der Waals surface area (Å²) in [5, 5.41) is 5.76. The molecule has 0 radical (unpaired) electrons. The Hall–Kier alpha value is -3.80. The van der Waals surface area contributed by atoms with E-state index >= 15 is 0 Å². The summed E-state index contributed by atoms with van der Waals surface area (Å²) in [6, 6.07) is 23.4. The van der Waals surface area contributed by atoms with Gasteiger partial charge in [-0.05, 0) is 61.9 Å². The average molecular weight is 433 g/mol. The number of hydrogen-bond donors (Lipinski definition) is 2. The lowest BCUT2D eigenvalue weighted by atomic mass is 10.1. The van der Waals surface area contributed by atoms with Crippen LogP contribution < -0.4 is 20.1 Å². The van der Waals surface area contributed by atoms with E-state index in [1.54, 1.807) is 48.5 Å². The molecule has 0 spiro atoms. The number of amides is 2. The maximum atomic E-state index is 12.7. The first-order chi connectivity index (χ1) is 15.5. The van der Waals surface area contributed by atoms with E-state index in [0.717, 1.165) is 12.2 Å². The van der Waals surface area contributed by atoms with Gasteiger partial charge < -0.3 is 20.1 Å². The Morgan fingerprint density at radius 1 is 0.781 bits per heavy atom. The zero-order chi connectivity index (χ0) is 22.8. The number of anilines is 1. The molecule has 0 bridgehead atoms. The number of rotatable bonds is 10. The molecule has 6 nitrogen and oxygen atoms in total. The molecule has 0 fully saturated rings. The van der Waals surface area contributed by atoms with Crippen molar-refractivity contribution in [1.29, 1.82) is 0 Å². The molecular weight excluding hydrogens is 404 g/mol. The maximum Gasteiger partial charge on any atom is 0.255 e. The van der Waals surface area contributed by atoms with Crippen molar-refractivity contribution in [3.63, 3.8) is 0 Å². The topological polar surface area (TPSA) is 76.7 Å². The Labute approximate surface area is 188 Å². The number of para-hydroxylation sites is 1. The summed E-state index contributed by atoms with van der Waals surface area (Å²) in [5.41, 5.74) is 1.51. The zero-order valence-corrected chi connectivity index (χ0v) is 18.3. The van der Waals surface area contributed by atoms with Gasteiger partial charge in [-0.1, -0.05) is 37.3 Å². The zero-order valence-electron chi connectivity index (χ0n) is 18.3. The van der Waals surface area contributed by atoms with Crippen LogP contribution in [0.25, 0.3) is 0 Å². The molecule has 0 heterocycles. The van der Waals surface area contributed by atoms with Crippen LogP contribution in [0.15, 0.2) is 78.9 Å². The van der Waals surface area contributed by atoms with Crippen LogP contribution in [0.2, 0.25) is 0 Å². The van der Waals surface area contributed by atoms with Gasteiger partial charge in [0.1, 0.15) is 24.7 Å². The molecule has 2 amide bonds. The van der Waals surface area contributed by atoms with Crippen LogP contribution in [0.5, 0.6) is 11.5 Å². The van der Waals surface area contributed by atoms with Gasteiger partial charge in [-0.15, -0.1) is 0 Å². The number of carbonyl (C=O) groups is 2.